The van der Waals surface area contributed by atoms with Crippen LogP contribution in [0.1, 0.15) is 29.2 Å². The number of methoxy groups -OCH3 is 1. The lowest BCUT2D eigenvalue weighted by Crippen LogP contribution is -2.42. The molecule has 1 saturated heterocycles. The number of carbonyl (C=O) groups excluding carboxylic acids is 1. The summed E-state index contributed by atoms with van der Waals surface area (Å²) >= 11 is 0. The van der Waals surface area contributed by atoms with Crippen LogP contribution < -0.4 is 9.47 Å². The Morgan fingerprint density at radius 2 is 2.03 bits per heavy atom. The number of likely N-dealkylation sites (tertiary alicyclic amines) is 1. The summed E-state index contributed by atoms with van der Waals surface area (Å²) in [7, 11) is 1.62. The Kier molecular flexibility index (Phi) is 5.41. The Labute approximate surface area is 168 Å². The molecule has 0 spiro atoms. The highest BCUT2D eigenvalue weighted by atomic mass is 16.5. The van der Waals surface area contributed by atoms with Gasteiger partial charge in [-0.2, -0.15) is 10.1 Å². The van der Waals surface area contributed by atoms with Gasteiger partial charge in [0.15, 0.2) is 0 Å². The van der Waals surface area contributed by atoms with Gasteiger partial charge in [0.25, 0.3) is 5.91 Å². The number of hydrogen-bond acceptors (Lipinski definition) is 6. The Bertz CT molecular complexity index is 995. The second-order valence-electron chi connectivity index (χ2n) is 6.95. The first kappa shape index (κ1) is 18.9. The molecule has 0 unspecified atom stereocenters. The van der Waals surface area contributed by atoms with E-state index in [9.17, 15) is 4.79 Å². The van der Waals surface area contributed by atoms with E-state index in [1.54, 1.807) is 25.4 Å². The lowest BCUT2D eigenvalue weighted by Gasteiger charge is -2.31. The molecule has 1 amide bonds. The van der Waals surface area contributed by atoms with Crippen LogP contribution in [0.5, 0.6) is 11.6 Å². The van der Waals surface area contributed by atoms with Crippen molar-refractivity contribution < 1.29 is 14.3 Å². The summed E-state index contributed by atoms with van der Waals surface area (Å²) in [6.45, 7) is 3.08. The monoisotopic (exact) mass is 393 g/mol. The molecule has 1 aliphatic heterocycles. The number of rotatable bonds is 5. The van der Waals surface area contributed by atoms with Gasteiger partial charge in [-0.3, -0.25) is 9.89 Å². The predicted octanol–water partition coefficient (Wildman–Crippen LogP) is 2.87. The van der Waals surface area contributed by atoms with Crippen LogP contribution in [0.2, 0.25) is 0 Å². The number of hydrogen-bond donors (Lipinski definition) is 1. The third-order valence-corrected chi connectivity index (χ3v) is 4.94. The highest BCUT2D eigenvalue weighted by Gasteiger charge is 2.26. The van der Waals surface area contributed by atoms with Crippen LogP contribution in [0.15, 0.2) is 42.6 Å². The topological polar surface area (TPSA) is 93.2 Å². The molecule has 1 aromatic carbocycles. The van der Waals surface area contributed by atoms with Gasteiger partial charge in [-0.1, -0.05) is 12.1 Å². The summed E-state index contributed by atoms with van der Waals surface area (Å²) in [5.74, 6) is 1.96. The maximum atomic E-state index is 12.8. The largest absolute Gasteiger partial charge is 0.497 e. The molecular formula is C21H23N5O3. The van der Waals surface area contributed by atoms with E-state index in [1.807, 2.05) is 36.1 Å². The minimum Gasteiger partial charge on any atom is -0.497 e. The first-order valence-corrected chi connectivity index (χ1v) is 9.58. The second kappa shape index (κ2) is 8.30. The van der Waals surface area contributed by atoms with Crippen LogP contribution in [0.3, 0.4) is 0 Å². The standard InChI is InChI=1S/C21H23N5O3/c1-14-22-9-6-20(23-14)29-16-7-10-26(11-8-16)21(27)19-13-18(24-25-19)15-4-3-5-17(12-15)28-2/h3-6,9,12-13,16H,7-8,10-11H2,1-2H3,(H,24,25). The van der Waals surface area contributed by atoms with E-state index in [0.29, 0.717) is 36.2 Å². The fourth-order valence-corrected chi connectivity index (χ4v) is 3.38. The highest BCUT2D eigenvalue weighted by Crippen LogP contribution is 2.24. The van der Waals surface area contributed by atoms with Crippen molar-refractivity contribution in [3.05, 3.63) is 54.1 Å². The van der Waals surface area contributed by atoms with Crippen molar-refractivity contribution >= 4 is 5.91 Å². The van der Waals surface area contributed by atoms with Crippen LogP contribution in [-0.4, -0.2) is 57.3 Å². The lowest BCUT2D eigenvalue weighted by atomic mass is 10.1. The molecule has 4 rings (SSSR count). The minimum absolute atomic E-state index is 0.0439. The molecule has 150 valence electrons. The number of H-pyrrole nitrogens is 1. The summed E-state index contributed by atoms with van der Waals surface area (Å²) in [5.41, 5.74) is 2.09. The average molecular weight is 393 g/mol. The summed E-state index contributed by atoms with van der Waals surface area (Å²) in [5, 5.41) is 7.16. The maximum Gasteiger partial charge on any atom is 0.271 e. The summed E-state index contributed by atoms with van der Waals surface area (Å²) in [4.78, 5) is 23.0. The van der Waals surface area contributed by atoms with Gasteiger partial charge in [0.2, 0.25) is 5.88 Å². The number of piperidine rings is 1. The molecule has 3 heterocycles. The lowest BCUT2D eigenvalue weighted by molar-refractivity contribution is 0.0582. The van der Waals surface area contributed by atoms with Crippen molar-refractivity contribution in [3.8, 4) is 22.9 Å². The molecule has 1 N–H and O–H groups in total. The van der Waals surface area contributed by atoms with Gasteiger partial charge in [-0.15, -0.1) is 0 Å². The Hall–Kier alpha value is -3.42. The summed E-state index contributed by atoms with van der Waals surface area (Å²) < 4.78 is 11.2. The molecule has 29 heavy (non-hydrogen) atoms. The van der Waals surface area contributed by atoms with Crippen molar-refractivity contribution in [3.63, 3.8) is 0 Å². The van der Waals surface area contributed by atoms with Gasteiger partial charge < -0.3 is 14.4 Å². The zero-order valence-electron chi connectivity index (χ0n) is 16.5. The zero-order chi connectivity index (χ0) is 20.2. The van der Waals surface area contributed by atoms with E-state index in [-0.39, 0.29) is 12.0 Å². The molecule has 1 aliphatic rings. The minimum atomic E-state index is -0.0528. The number of nitrogens with zero attached hydrogens (tertiary/aromatic N) is 4. The van der Waals surface area contributed by atoms with Crippen LogP contribution in [0, 0.1) is 6.92 Å². The number of ether oxygens (including phenoxy) is 2. The molecule has 0 bridgehead atoms. The van der Waals surface area contributed by atoms with Crippen LogP contribution >= 0.6 is 0 Å². The van der Waals surface area contributed by atoms with Gasteiger partial charge in [0, 0.05) is 43.8 Å². The molecule has 0 saturated carbocycles. The maximum absolute atomic E-state index is 12.8. The number of benzene rings is 1. The van der Waals surface area contributed by atoms with Gasteiger partial charge in [-0.25, -0.2) is 4.98 Å². The summed E-state index contributed by atoms with van der Waals surface area (Å²) in [6, 6.07) is 11.1. The zero-order valence-corrected chi connectivity index (χ0v) is 16.5. The molecule has 0 atom stereocenters. The molecule has 8 nitrogen and oxygen atoms in total. The number of amides is 1. The normalized spacial score (nSPS) is 14.6. The predicted molar refractivity (Wildman–Crippen MR) is 107 cm³/mol. The van der Waals surface area contributed by atoms with Crippen molar-refractivity contribution in [2.45, 2.75) is 25.9 Å². The number of aromatic nitrogens is 4. The molecular weight excluding hydrogens is 370 g/mol. The van der Waals surface area contributed by atoms with Crippen molar-refractivity contribution in [1.29, 1.82) is 0 Å². The van der Waals surface area contributed by atoms with Crippen molar-refractivity contribution in [1.82, 2.24) is 25.1 Å². The van der Waals surface area contributed by atoms with Crippen LogP contribution in [0.4, 0.5) is 0 Å². The number of carbonyl (C=O) groups is 1. The van der Waals surface area contributed by atoms with Gasteiger partial charge >= 0.3 is 0 Å². The molecule has 3 aromatic rings. The Morgan fingerprint density at radius 1 is 1.21 bits per heavy atom. The first-order chi connectivity index (χ1) is 14.1. The average Bonchev–Trinajstić information content (AvgIpc) is 3.24. The van der Waals surface area contributed by atoms with E-state index in [1.165, 1.54) is 0 Å². The molecule has 0 radical (unpaired) electrons. The van der Waals surface area contributed by atoms with E-state index in [0.717, 1.165) is 24.2 Å². The summed E-state index contributed by atoms with van der Waals surface area (Å²) in [6.07, 6.45) is 3.24. The highest BCUT2D eigenvalue weighted by molar-refractivity contribution is 5.93. The number of aromatic amines is 1. The number of aryl methyl sites for hydroxylation is 1. The fourth-order valence-electron chi connectivity index (χ4n) is 3.38. The van der Waals surface area contributed by atoms with Crippen molar-refractivity contribution in [2.75, 3.05) is 20.2 Å². The van der Waals surface area contributed by atoms with E-state index < -0.39 is 0 Å². The Morgan fingerprint density at radius 3 is 2.79 bits per heavy atom. The second-order valence-corrected chi connectivity index (χ2v) is 6.95. The van der Waals surface area contributed by atoms with Gasteiger partial charge in [0.1, 0.15) is 23.4 Å². The Balaban J connectivity index is 1.37. The van der Waals surface area contributed by atoms with Crippen LogP contribution in [-0.2, 0) is 0 Å². The number of nitrogens with one attached hydrogen (secondary N) is 1. The van der Waals surface area contributed by atoms with Gasteiger partial charge in [0.05, 0.1) is 12.8 Å². The van der Waals surface area contributed by atoms with E-state index in [2.05, 4.69) is 20.2 Å². The third kappa shape index (κ3) is 4.37. The fraction of sp³-hybridized carbons (Fsp3) is 0.333. The molecule has 8 heteroatoms. The molecule has 1 fully saturated rings. The molecule has 2 aromatic heterocycles. The van der Waals surface area contributed by atoms with E-state index >= 15 is 0 Å². The quantitative estimate of drug-likeness (QED) is 0.716. The molecule has 0 aliphatic carbocycles. The third-order valence-electron chi connectivity index (χ3n) is 4.94. The smallest absolute Gasteiger partial charge is 0.271 e. The van der Waals surface area contributed by atoms with E-state index in [4.69, 9.17) is 9.47 Å². The first-order valence-electron chi connectivity index (χ1n) is 9.58. The van der Waals surface area contributed by atoms with Crippen molar-refractivity contribution in [2.24, 2.45) is 0 Å². The SMILES string of the molecule is COc1cccc(-c2cc(C(=O)N3CCC(Oc4ccnc(C)n4)CC3)[nH]n2)c1. The van der Waals surface area contributed by atoms with Gasteiger partial charge in [-0.05, 0) is 25.1 Å². The van der Waals surface area contributed by atoms with Crippen LogP contribution in [0.25, 0.3) is 11.3 Å².